The van der Waals surface area contributed by atoms with Crippen molar-refractivity contribution in [3.8, 4) is 5.75 Å². The number of hydrogen-bond donors (Lipinski definition) is 2. The summed E-state index contributed by atoms with van der Waals surface area (Å²) in [4.78, 5) is 10.5. The fourth-order valence-corrected chi connectivity index (χ4v) is 1.65. The molecule has 1 aromatic carbocycles. The first-order valence-electron chi connectivity index (χ1n) is 6.50. The minimum absolute atomic E-state index is 0.0141. The van der Waals surface area contributed by atoms with Crippen LogP contribution in [0.4, 0.5) is 11.4 Å². The molecule has 6 heteroatoms. The number of benzene rings is 1. The Morgan fingerprint density at radius 3 is 2.74 bits per heavy atom. The SMILES string of the molecule is CCCOc1cc(NC(CC)CN)ccc1[N+](=O)[O-]. The second kappa shape index (κ2) is 7.58. The lowest BCUT2D eigenvalue weighted by molar-refractivity contribution is -0.385. The van der Waals surface area contributed by atoms with Gasteiger partial charge in [0.1, 0.15) is 0 Å². The molecule has 0 aliphatic heterocycles. The molecule has 106 valence electrons. The van der Waals surface area contributed by atoms with Gasteiger partial charge in [-0.2, -0.15) is 0 Å². The van der Waals surface area contributed by atoms with Crippen LogP contribution in [0.2, 0.25) is 0 Å². The average molecular weight is 267 g/mol. The smallest absolute Gasteiger partial charge is 0.311 e. The first kappa shape index (κ1) is 15.2. The van der Waals surface area contributed by atoms with Crippen molar-refractivity contribution < 1.29 is 9.66 Å². The van der Waals surface area contributed by atoms with E-state index in [0.717, 1.165) is 18.5 Å². The van der Waals surface area contributed by atoms with E-state index >= 15 is 0 Å². The van der Waals surface area contributed by atoms with E-state index in [9.17, 15) is 10.1 Å². The summed E-state index contributed by atoms with van der Waals surface area (Å²) < 4.78 is 5.42. The van der Waals surface area contributed by atoms with Crippen LogP contribution in [-0.2, 0) is 0 Å². The zero-order valence-electron chi connectivity index (χ0n) is 11.4. The number of ether oxygens (including phenoxy) is 1. The summed E-state index contributed by atoms with van der Waals surface area (Å²) in [6.07, 6.45) is 1.69. The number of rotatable bonds is 8. The highest BCUT2D eigenvalue weighted by atomic mass is 16.6. The molecule has 0 heterocycles. The Morgan fingerprint density at radius 1 is 1.47 bits per heavy atom. The number of nitrogens with zero attached hydrogens (tertiary/aromatic N) is 1. The maximum absolute atomic E-state index is 10.9. The van der Waals surface area contributed by atoms with Crippen LogP contribution in [0.3, 0.4) is 0 Å². The normalized spacial score (nSPS) is 11.9. The van der Waals surface area contributed by atoms with Crippen molar-refractivity contribution in [2.24, 2.45) is 5.73 Å². The van der Waals surface area contributed by atoms with Gasteiger partial charge in [-0.25, -0.2) is 0 Å². The zero-order valence-corrected chi connectivity index (χ0v) is 11.4. The Labute approximate surface area is 113 Å². The summed E-state index contributed by atoms with van der Waals surface area (Å²) in [7, 11) is 0. The van der Waals surface area contributed by atoms with Gasteiger partial charge in [-0.1, -0.05) is 13.8 Å². The second-order valence-electron chi connectivity index (χ2n) is 4.27. The van der Waals surface area contributed by atoms with Crippen molar-refractivity contribution in [3.05, 3.63) is 28.3 Å². The van der Waals surface area contributed by atoms with Gasteiger partial charge in [0.15, 0.2) is 5.75 Å². The van der Waals surface area contributed by atoms with Gasteiger partial charge >= 0.3 is 5.69 Å². The summed E-state index contributed by atoms with van der Waals surface area (Å²) in [5.74, 6) is 0.295. The molecule has 0 saturated heterocycles. The summed E-state index contributed by atoms with van der Waals surface area (Å²) in [5, 5.41) is 14.1. The number of nitro benzene ring substituents is 1. The van der Waals surface area contributed by atoms with E-state index in [1.165, 1.54) is 6.07 Å². The molecule has 0 bridgehead atoms. The number of nitro groups is 1. The number of nitrogens with one attached hydrogen (secondary N) is 1. The van der Waals surface area contributed by atoms with Gasteiger partial charge in [0, 0.05) is 30.4 Å². The van der Waals surface area contributed by atoms with E-state index in [-0.39, 0.29) is 11.7 Å². The Bertz CT molecular complexity index is 420. The fourth-order valence-electron chi connectivity index (χ4n) is 1.65. The third-order valence-electron chi connectivity index (χ3n) is 2.77. The van der Waals surface area contributed by atoms with Crippen LogP contribution < -0.4 is 15.8 Å². The standard InChI is InChI=1S/C13H21N3O3/c1-3-7-19-13-8-11(15-10(4-2)9-14)5-6-12(13)16(17)18/h5-6,8,10,15H,3-4,7,9,14H2,1-2H3. The molecule has 0 saturated carbocycles. The number of nitrogens with two attached hydrogens (primary N) is 1. The van der Waals surface area contributed by atoms with Gasteiger partial charge in [0.2, 0.25) is 0 Å². The highest BCUT2D eigenvalue weighted by molar-refractivity contribution is 5.58. The van der Waals surface area contributed by atoms with Gasteiger partial charge in [0.25, 0.3) is 0 Å². The number of hydrogen-bond acceptors (Lipinski definition) is 5. The van der Waals surface area contributed by atoms with Crippen molar-refractivity contribution in [1.29, 1.82) is 0 Å². The summed E-state index contributed by atoms with van der Waals surface area (Å²) >= 11 is 0. The summed E-state index contributed by atoms with van der Waals surface area (Å²) in [6.45, 7) is 4.96. The molecular weight excluding hydrogens is 246 g/mol. The van der Waals surface area contributed by atoms with E-state index in [0.29, 0.717) is 18.9 Å². The lowest BCUT2D eigenvalue weighted by Crippen LogP contribution is -2.27. The zero-order chi connectivity index (χ0) is 14.3. The molecule has 1 atom stereocenters. The topological polar surface area (TPSA) is 90.4 Å². The molecule has 3 N–H and O–H groups in total. The van der Waals surface area contributed by atoms with Crippen molar-refractivity contribution in [3.63, 3.8) is 0 Å². The van der Waals surface area contributed by atoms with Gasteiger partial charge in [-0.05, 0) is 18.9 Å². The van der Waals surface area contributed by atoms with Crippen molar-refractivity contribution in [2.75, 3.05) is 18.5 Å². The molecule has 0 radical (unpaired) electrons. The van der Waals surface area contributed by atoms with Gasteiger partial charge in [-0.3, -0.25) is 10.1 Å². The van der Waals surface area contributed by atoms with Crippen LogP contribution in [0.15, 0.2) is 18.2 Å². The van der Waals surface area contributed by atoms with Gasteiger partial charge < -0.3 is 15.8 Å². The molecule has 0 fully saturated rings. The van der Waals surface area contributed by atoms with E-state index in [4.69, 9.17) is 10.5 Å². The monoisotopic (exact) mass is 267 g/mol. The fraction of sp³-hybridized carbons (Fsp3) is 0.538. The van der Waals surface area contributed by atoms with Crippen LogP contribution in [0.5, 0.6) is 5.75 Å². The second-order valence-corrected chi connectivity index (χ2v) is 4.27. The lowest BCUT2D eigenvalue weighted by Gasteiger charge is -2.16. The predicted octanol–water partition coefficient (Wildman–Crippen LogP) is 2.53. The molecule has 19 heavy (non-hydrogen) atoms. The van der Waals surface area contributed by atoms with Crippen LogP contribution in [-0.4, -0.2) is 24.1 Å². The molecule has 1 rings (SSSR count). The van der Waals surface area contributed by atoms with E-state index in [1.807, 2.05) is 13.8 Å². The Kier molecular flexibility index (Phi) is 6.08. The molecule has 0 amide bonds. The molecule has 1 unspecified atom stereocenters. The first-order valence-corrected chi connectivity index (χ1v) is 6.50. The highest BCUT2D eigenvalue weighted by Crippen LogP contribution is 2.30. The summed E-state index contributed by atoms with van der Waals surface area (Å²) in [6, 6.07) is 4.94. The molecule has 0 spiro atoms. The van der Waals surface area contributed by atoms with Crippen LogP contribution in [0.25, 0.3) is 0 Å². The maximum Gasteiger partial charge on any atom is 0.311 e. The third kappa shape index (κ3) is 4.40. The third-order valence-corrected chi connectivity index (χ3v) is 2.77. The number of anilines is 1. The largest absolute Gasteiger partial charge is 0.487 e. The molecule has 6 nitrogen and oxygen atoms in total. The van der Waals surface area contributed by atoms with Gasteiger partial charge in [-0.15, -0.1) is 0 Å². The first-order chi connectivity index (χ1) is 9.12. The summed E-state index contributed by atoms with van der Waals surface area (Å²) in [5.41, 5.74) is 6.40. The maximum atomic E-state index is 10.9. The van der Waals surface area contributed by atoms with Gasteiger partial charge in [0.05, 0.1) is 11.5 Å². The van der Waals surface area contributed by atoms with Crippen LogP contribution >= 0.6 is 0 Å². The van der Waals surface area contributed by atoms with E-state index in [1.54, 1.807) is 12.1 Å². The molecule has 0 aromatic heterocycles. The molecule has 1 aromatic rings. The van der Waals surface area contributed by atoms with Crippen molar-refractivity contribution in [1.82, 2.24) is 0 Å². The average Bonchev–Trinajstić information content (AvgIpc) is 2.42. The predicted molar refractivity (Wildman–Crippen MR) is 75.6 cm³/mol. The van der Waals surface area contributed by atoms with Crippen LogP contribution in [0.1, 0.15) is 26.7 Å². The van der Waals surface area contributed by atoms with E-state index < -0.39 is 4.92 Å². The van der Waals surface area contributed by atoms with E-state index in [2.05, 4.69) is 5.32 Å². The Morgan fingerprint density at radius 2 is 2.21 bits per heavy atom. The Hall–Kier alpha value is -1.82. The lowest BCUT2D eigenvalue weighted by atomic mass is 10.2. The molecule has 0 aliphatic rings. The van der Waals surface area contributed by atoms with Crippen molar-refractivity contribution in [2.45, 2.75) is 32.7 Å². The Balaban J connectivity index is 2.93. The minimum atomic E-state index is -0.436. The van der Waals surface area contributed by atoms with Crippen LogP contribution in [0, 0.1) is 10.1 Å². The van der Waals surface area contributed by atoms with Crippen molar-refractivity contribution >= 4 is 11.4 Å². The molecular formula is C13H21N3O3. The minimum Gasteiger partial charge on any atom is -0.487 e. The molecule has 0 aliphatic carbocycles. The highest BCUT2D eigenvalue weighted by Gasteiger charge is 2.16. The quantitative estimate of drug-likeness (QED) is 0.558.